The third-order valence-corrected chi connectivity index (χ3v) is 4.55. The van der Waals surface area contributed by atoms with Crippen LogP contribution in [0.3, 0.4) is 0 Å². The van der Waals surface area contributed by atoms with Crippen molar-refractivity contribution in [1.82, 2.24) is 14.7 Å². The third kappa shape index (κ3) is 2.84. The van der Waals surface area contributed by atoms with Gasteiger partial charge >= 0.3 is 0 Å². The first-order chi connectivity index (χ1) is 12.7. The predicted molar refractivity (Wildman–Crippen MR) is 92.5 cm³/mol. The van der Waals surface area contributed by atoms with Crippen LogP contribution in [-0.4, -0.2) is 20.6 Å². The van der Waals surface area contributed by atoms with Crippen LogP contribution in [-0.2, 0) is 19.6 Å². The first-order valence-corrected chi connectivity index (χ1v) is 8.22. The van der Waals surface area contributed by atoms with E-state index in [2.05, 4.69) is 11.2 Å². The van der Waals surface area contributed by atoms with Gasteiger partial charge in [-0.3, -0.25) is 9.48 Å². The van der Waals surface area contributed by atoms with Crippen molar-refractivity contribution in [3.63, 3.8) is 0 Å². The molecule has 0 bridgehead atoms. The van der Waals surface area contributed by atoms with Gasteiger partial charge in [-0.2, -0.15) is 10.4 Å². The van der Waals surface area contributed by atoms with Crippen LogP contribution in [0.4, 0.5) is 4.39 Å². The molecular weight excluding hydrogens is 331 g/mol. The fourth-order valence-electron chi connectivity index (χ4n) is 3.19. The Kier molecular flexibility index (Phi) is 3.98. The number of rotatable bonds is 3. The second-order valence-corrected chi connectivity index (χ2v) is 6.22. The van der Waals surface area contributed by atoms with E-state index in [-0.39, 0.29) is 11.7 Å². The molecule has 128 valence electrons. The lowest BCUT2D eigenvalue weighted by molar-refractivity contribution is 0.0748. The minimum atomic E-state index is -0.271. The highest BCUT2D eigenvalue weighted by Crippen LogP contribution is 2.25. The maximum Gasteiger partial charge on any atom is 0.255 e. The maximum atomic E-state index is 13.1. The molecular formula is C20H15FN4O. The molecule has 26 heavy (non-hydrogen) atoms. The highest BCUT2D eigenvalue weighted by molar-refractivity contribution is 5.96. The predicted octanol–water partition coefficient (Wildman–Crippen LogP) is 3.10. The van der Waals surface area contributed by atoms with Gasteiger partial charge in [-0.15, -0.1) is 0 Å². The van der Waals surface area contributed by atoms with E-state index in [0.717, 1.165) is 16.8 Å². The maximum absolute atomic E-state index is 13.1. The zero-order chi connectivity index (χ0) is 18.1. The van der Waals surface area contributed by atoms with Crippen LogP contribution >= 0.6 is 0 Å². The molecule has 0 unspecified atom stereocenters. The number of halogens is 1. The molecule has 4 rings (SSSR count). The summed E-state index contributed by atoms with van der Waals surface area (Å²) in [5, 5.41) is 13.6. The van der Waals surface area contributed by atoms with Crippen molar-refractivity contribution < 1.29 is 9.18 Å². The van der Waals surface area contributed by atoms with Crippen molar-refractivity contribution in [2.75, 3.05) is 0 Å². The largest absolute Gasteiger partial charge is 0.328 e. The molecule has 0 radical (unpaired) electrons. The molecule has 6 heteroatoms. The standard InChI is InChI=1S/C20H15FN4O/c21-17-7-5-14(6-8-17)11-25-19-13-24(12-16(19)10-23-25)20(26)18-4-2-1-3-15(18)9-22/h1-8,10H,11-13H2. The van der Waals surface area contributed by atoms with Gasteiger partial charge in [0.1, 0.15) is 5.82 Å². The fourth-order valence-corrected chi connectivity index (χ4v) is 3.19. The molecule has 0 atom stereocenters. The Balaban J connectivity index is 1.55. The molecule has 0 spiro atoms. The Morgan fingerprint density at radius 2 is 1.92 bits per heavy atom. The van der Waals surface area contributed by atoms with Crippen LogP contribution in [0.2, 0.25) is 0 Å². The van der Waals surface area contributed by atoms with E-state index >= 15 is 0 Å². The average Bonchev–Trinajstić information content (AvgIpc) is 3.25. The Morgan fingerprint density at radius 1 is 1.15 bits per heavy atom. The number of carbonyl (C=O) groups is 1. The summed E-state index contributed by atoms with van der Waals surface area (Å²) < 4.78 is 14.9. The van der Waals surface area contributed by atoms with E-state index in [4.69, 9.17) is 0 Å². The number of aromatic nitrogens is 2. The average molecular weight is 346 g/mol. The number of hydrogen-bond acceptors (Lipinski definition) is 3. The van der Waals surface area contributed by atoms with Crippen molar-refractivity contribution in [2.45, 2.75) is 19.6 Å². The van der Waals surface area contributed by atoms with E-state index in [1.807, 2.05) is 4.68 Å². The summed E-state index contributed by atoms with van der Waals surface area (Å²) in [7, 11) is 0. The van der Waals surface area contributed by atoms with Crippen molar-refractivity contribution in [2.24, 2.45) is 0 Å². The molecule has 0 fully saturated rings. The monoisotopic (exact) mass is 346 g/mol. The van der Waals surface area contributed by atoms with Crippen molar-refractivity contribution in [3.05, 3.63) is 88.5 Å². The molecule has 1 amide bonds. The van der Waals surface area contributed by atoms with Gasteiger partial charge < -0.3 is 4.90 Å². The van der Waals surface area contributed by atoms with Gasteiger partial charge in [0.05, 0.1) is 42.2 Å². The summed E-state index contributed by atoms with van der Waals surface area (Å²) in [5.74, 6) is -0.431. The third-order valence-electron chi connectivity index (χ3n) is 4.55. The van der Waals surface area contributed by atoms with Crippen LogP contribution in [0, 0.1) is 17.1 Å². The van der Waals surface area contributed by atoms with Gasteiger partial charge in [0.25, 0.3) is 5.91 Å². The molecule has 0 aliphatic carbocycles. The van der Waals surface area contributed by atoms with Crippen molar-refractivity contribution >= 4 is 5.91 Å². The Bertz CT molecular complexity index is 1020. The lowest BCUT2D eigenvalue weighted by atomic mass is 10.1. The number of hydrogen-bond donors (Lipinski definition) is 0. The van der Waals surface area contributed by atoms with E-state index < -0.39 is 0 Å². The van der Waals surface area contributed by atoms with Gasteiger partial charge in [0.15, 0.2) is 0 Å². The fraction of sp³-hybridized carbons (Fsp3) is 0.150. The molecule has 0 saturated heterocycles. The summed E-state index contributed by atoms with van der Waals surface area (Å²) in [6.07, 6.45) is 1.77. The molecule has 1 aliphatic heterocycles. The van der Waals surface area contributed by atoms with E-state index in [1.165, 1.54) is 12.1 Å². The molecule has 1 aliphatic rings. The van der Waals surface area contributed by atoms with E-state index in [9.17, 15) is 14.4 Å². The topological polar surface area (TPSA) is 61.9 Å². The van der Waals surface area contributed by atoms with E-state index in [1.54, 1.807) is 47.5 Å². The lowest BCUT2D eigenvalue weighted by Gasteiger charge is -2.17. The molecule has 1 aromatic heterocycles. The zero-order valence-electron chi connectivity index (χ0n) is 13.9. The molecule has 2 aromatic carbocycles. The quantitative estimate of drug-likeness (QED) is 0.732. The normalized spacial score (nSPS) is 12.7. The summed E-state index contributed by atoms with van der Waals surface area (Å²) >= 11 is 0. The second kappa shape index (κ2) is 6.45. The zero-order valence-corrected chi connectivity index (χ0v) is 13.9. The number of nitriles is 1. The van der Waals surface area contributed by atoms with Crippen molar-refractivity contribution in [1.29, 1.82) is 5.26 Å². The second-order valence-electron chi connectivity index (χ2n) is 6.22. The number of nitrogens with zero attached hydrogens (tertiary/aromatic N) is 4. The summed E-state index contributed by atoms with van der Waals surface area (Å²) in [5.41, 5.74) is 3.70. The number of benzene rings is 2. The SMILES string of the molecule is N#Cc1ccccc1C(=O)N1Cc2cnn(Cc3ccc(F)cc3)c2C1. The van der Waals surface area contributed by atoms with Crippen LogP contribution in [0.5, 0.6) is 0 Å². The Labute approximate surface area is 149 Å². The molecule has 0 saturated carbocycles. The van der Waals surface area contributed by atoms with Crippen LogP contribution in [0.25, 0.3) is 0 Å². The number of carbonyl (C=O) groups excluding carboxylic acids is 1. The number of fused-ring (bicyclic) bond motifs is 1. The van der Waals surface area contributed by atoms with Crippen LogP contribution < -0.4 is 0 Å². The van der Waals surface area contributed by atoms with Gasteiger partial charge in [0, 0.05) is 12.1 Å². The van der Waals surface area contributed by atoms with Gasteiger partial charge in [-0.1, -0.05) is 24.3 Å². The van der Waals surface area contributed by atoms with E-state index in [0.29, 0.717) is 30.8 Å². The Hall–Kier alpha value is -3.46. The first kappa shape index (κ1) is 16.0. The minimum Gasteiger partial charge on any atom is -0.328 e. The van der Waals surface area contributed by atoms with Crippen LogP contribution in [0.15, 0.2) is 54.7 Å². The Morgan fingerprint density at radius 3 is 2.69 bits per heavy atom. The molecule has 2 heterocycles. The minimum absolute atomic E-state index is 0.160. The smallest absolute Gasteiger partial charge is 0.255 e. The molecule has 0 N–H and O–H groups in total. The summed E-state index contributed by atoms with van der Waals surface area (Å²) in [6.45, 7) is 1.43. The molecule has 3 aromatic rings. The van der Waals surface area contributed by atoms with Gasteiger partial charge in [-0.05, 0) is 29.8 Å². The number of amides is 1. The van der Waals surface area contributed by atoms with Gasteiger partial charge in [0.2, 0.25) is 0 Å². The highest BCUT2D eigenvalue weighted by atomic mass is 19.1. The van der Waals surface area contributed by atoms with Gasteiger partial charge in [-0.25, -0.2) is 4.39 Å². The van der Waals surface area contributed by atoms with Crippen LogP contribution in [0.1, 0.15) is 32.7 Å². The molecule has 5 nitrogen and oxygen atoms in total. The first-order valence-electron chi connectivity index (χ1n) is 8.22. The highest BCUT2D eigenvalue weighted by Gasteiger charge is 2.28. The van der Waals surface area contributed by atoms with Crippen molar-refractivity contribution in [3.8, 4) is 6.07 Å². The lowest BCUT2D eigenvalue weighted by Crippen LogP contribution is -2.27. The summed E-state index contributed by atoms with van der Waals surface area (Å²) in [6, 6.07) is 15.2. The summed E-state index contributed by atoms with van der Waals surface area (Å²) in [4.78, 5) is 14.5.